The SMILES string of the molecule is CN(CC1CCCOC1)c1cnccc1CCl. The van der Waals surface area contributed by atoms with Gasteiger partial charge in [-0.15, -0.1) is 11.6 Å². The van der Waals surface area contributed by atoms with Crippen molar-refractivity contribution in [3.8, 4) is 0 Å². The predicted octanol–water partition coefficient (Wildman–Crippen LogP) is 2.68. The lowest BCUT2D eigenvalue weighted by molar-refractivity contribution is 0.0576. The van der Waals surface area contributed by atoms with Crippen molar-refractivity contribution >= 4 is 17.3 Å². The topological polar surface area (TPSA) is 25.4 Å². The maximum atomic E-state index is 5.94. The molecule has 0 amide bonds. The number of aromatic nitrogens is 1. The van der Waals surface area contributed by atoms with Crippen LogP contribution in [0.15, 0.2) is 18.5 Å². The van der Waals surface area contributed by atoms with Crippen LogP contribution in [0.2, 0.25) is 0 Å². The van der Waals surface area contributed by atoms with E-state index in [0.29, 0.717) is 11.8 Å². The number of ether oxygens (including phenoxy) is 1. The van der Waals surface area contributed by atoms with Gasteiger partial charge >= 0.3 is 0 Å². The van der Waals surface area contributed by atoms with Crippen LogP contribution in [-0.4, -0.2) is 31.8 Å². The Bertz CT molecular complexity index is 353. The number of hydrogen-bond acceptors (Lipinski definition) is 3. The van der Waals surface area contributed by atoms with Crippen molar-refractivity contribution in [1.29, 1.82) is 0 Å². The second-order valence-corrected chi connectivity index (χ2v) is 4.87. The van der Waals surface area contributed by atoms with Crippen LogP contribution in [-0.2, 0) is 10.6 Å². The molecule has 0 N–H and O–H groups in total. The van der Waals surface area contributed by atoms with Crippen LogP contribution in [0.1, 0.15) is 18.4 Å². The van der Waals surface area contributed by atoms with E-state index in [1.165, 1.54) is 12.8 Å². The number of rotatable bonds is 4. The Kier molecular flexibility index (Phi) is 4.63. The van der Waals surface area contributed by atoms with E-state index in [1.807, 2.05) is 12.3 Å². The molecular weight excluding hydrogens is 236 g/mol. The Morgan fingerprint density at radius 1 is 1.59 bits per heavy atom. The molecule has 0 bridgehead atoms. The maximum Gasteiger partial charge on any atom is 0.0595 e. The Morgan fingerprint density at radius 3 is 3.18 bits per heavy atom. The van der Waals surface area contributed by atoms with Gasteiger partial charge < -0.3 is 9.64 Å². The summed E-state index contributed by atoms with van der Waals surface area (Å²) in [4.78, 5) is 6.42. The van der Waals surface area contributed by atoms with Gasteiger partial charge in [0.25, 0.3) is 0 Å². The van der Waals surface area contributed by atoms with Gasteiger partial charge in [0.2, 0.25) is 0 Å². The molecule has 1 aliphatic heterocycles. The average molecular weight is 255 g/mol. The maximum absolute atomic E-state index is 5.94. The molecule has 1 atom stereocenters. The van der Waals surface area contributed by atoms with E-state index in [0.717, 1.165) is 31.0 Å². The van der Waals surface area contributed by atoms with Gasteiger partial charge in [0.15, 0.2) is 0 Å². The molecule has 0 spiro atoms. The fourth-order valence-corrected chi connectivity index (χ4v) is 2.53. The van der Waals surface area contributed by atoms with Gasteiger partial charge in [-0.1, -0.05) is 0 Å². The number of hydrogen-bond donors (Lipinski definition) is 0. The van der Waals surface area contributed by atoms with Crippen LogP contribution in [0.3, 0.4) is 0 Å². The van der Waals surface area contributed by atoms with Gasteiger partial charge in [-0.2, -0.15) is 0 Å². The van der Waals surface area contributed by atoms with Gasteiger partial charge in [-0.3, -0.25) is 4.98 Å². The zero-order valence-corrected chi connectivity index (χ0v) is 11.0. The highest BCUT2D eigenvalue weighted by molar-refractivity contribution is 6.17. The van der Waals surface area contributed by atoms with Crippen molar-refractivity contribution in [3.63, 3.8) is 0 Å². The molecule has 94 valence electrons. The third-order valence-electron chi connectivity index (χ3n) is 3.23. The van der Waals surface area contributed by atoms with Crippen LogP contribution in [0.4, 0.5) is 5.69 Å². The van der Waals surface area contributed by atoms with Crippen molar-refractivity contribution in [2.24, 2.45) is 5.92 Å². The van der Waals surface area contributed by atoms with E-state index in [4.69, 9.17) is 16.3 Å². The molecule has 0 aliphatic carbocycles. The minimum Gasteiger partial charge on any atom is -0.381 e. The highest BCUT2D eigenvalue weighted by Gasteiger charge is 2.17. The second-order valence-electron chi connectivity index (χ2n) is 4.60. The summed E-state index contributed by atoms with van der Waals surface area (Å²) in [6.07, 6.45) is 6.11. The molecule has 1 fully saturated rings. The lowest BCUT2D eigenvalue weighted by atomic mass is 10.0. The Balaban J connectivity index is 2.00. The first-order valence-corrected chi connectivity index (χ1v) is 6.62. The average Bonchev–Trinajstić information content (AvgIpc) is 2.40. The predicted molar refractivity (Wildman–Crippen MR) is 70.6 cm³/mol. The monoisotopic (exact) mass is 254 g/mol. The molecule has 2 rings (SSSR count). The van der Waals surface area contributed by atoms with E-state index in [2.05, 4.69) is 16.9 Å². The standard InChI is InChI=1S/C13H19ClN2O/c1-16(9-11-3-2-6-17-10-11)13-8-15-5-4-12(13)7-14/h4-5,8,11H,2-3,6-7,9-10H2,1H3. The molecule has 0 radical (unpaired) electrons. The minimum atomic E-state index is 0.531. The molecule has 4 heteroatoms. The first-order chi connectivity index (χ1) is 8.31. The van der Waals surface area contributed by atoms with E-state index in [9.17, 15) is 0 Å². The summed E-state index contributed by atoms with van der Waals surface area (Å²) in [7, 11) is 2.10. The summed E-state index contributed by atoms with van der Waals surface area (Å²) in [5.74, 6) is 1.15. The number of pyridine rings is 1. The number of halogens is 1. The summed E-state index contributed by atoms with van der Waals surface area (Å²) in [6, 6.07) is 1.98. The molecule has 1 aliphatic rings. The molecule has 1 unspecified atom stereocenters. The van der Waals surface area contributed by atoms with Crippen molar-refractivity contribution in [2.75, 3.05) is 31.7 Å². The lowest BCUT2D eigenvalue weighted by Crippen LogP contribution is -2.31. The highest BCUT2D eigenvalue weighted by atomic mass is 35.5. The van der Waals surface area contributed by atoms with E-state index in [-0.39, 0.29) is 0 Å². The number of anilines is 1. The molecule has 1 aromatic rings. The Morgan fingerprint density at radius 2 is 2.47 bits per heavy atom. The van der Waals surface area contributed by atoms with Crippen molar-refractivity contribution in [2.45, 2.75) is 18.7 Å². The van der Waals surface area contributed by atoms with Crippen molar-refractivity contribution < 1.29 is 4.74 Å². The quantitative estimate of drug-likeness (QED) is 0.773. The highest BCUT2D eigenvalue weighted by Crippen LogP contribution is 2.22. The van der Waals surface area contributed by atoms with E-state index in [1.54, 1.807) is 6.20 Å². The van der Waals surface area contributed by atoms with Crippen LogP contribution in [0.25, 0.3) is 0 Å². The lowest BCUT2D eigenvalue weighted by Gasteiger charge is -2.29. The van der Waals surface area contributed by atoms with Gasteiger partial charge in [0.1, 0.15) is 0 Å². The molecular formula is C13H19ClN2O. The molecule has 1 aromatic heterocycles. The minimum absolute atomic E-state index is 0.531. The van der Waals surface area contributed by atoms with Gasteiger partial charge in [0.05, 0.1) is 18.5 Å². The van der Waals surface area contributed by atoms with Gasteiger partial charge in [-0.05, 0) is 30.4 Å². The Hall–Kier alpha value is -0.800. The summed E-state index contributed by atoms with van der Waals surface area (Å²) >= 11 is 5.94. The molecule has 0 aromatic carbocycles. The Labute approximate surface area is 108 Å². The molecule has 3 nitrogen and oxygen atoms in total. The second kappa shape index (κ2) is 6.22. The van der Waals surface area contributed by atoms with Gasteiger partial charge in [-0.25, -0.2) is 0 Å². The summed E-state index contributed by atoms with van der Waals surface area (Å²) in [6.45, 7) is 2.80. The normalized spacial score (nSPS) is 20.2. The van der Waals surface area contributed by atoms with Crippen LogP contribution in [0, 0.1) is 5.92 Å². The smallest absolute Gasteiger partial charge is 0.0595 e. The first-order valence-electron chi connectivity index (χ1n) is 6.09. The van der Waals surface area contributed by atoms with E-state index < -0.39 is 0 Å². The molecule has 0 saturated carbocycles. The van der Waals surface area contributed by atoms with E-state index >= 15 is 0 Å². The molecule has 17 heavy (non-hydrogen) atoms. The third-order valence-corrected chi connectivity index (χ3v) is 3.52. The van der Waals surface area contributed by atoms with Crippen LogP contribution in [0.5, 0.6) is 0 Å². The molecule has 2 heterocycles. The molecule has 1 saturated heterocycles. The van der Waals surface area contributed by atoms with Gasteiger partial charge in [0, 0.05) is 32.3 Å². The summed E-state index contributed by atoms with van der Waals surface area (Å²) < 4.78 is 5.51. The van der Waals surface area contributed by atoms with Crippen LogP contribution < -0.4 is 4.90 Å². The zero-order chi connectivity index (χ0) is 12.1. The first kappa shape index (κ1) is 12.7. The van der Waals surface area contributed by atoms with Crippen molar-refractivity contribution in [3.05, 3.63) is 24.0 Å². The fourth-order valence-electron chi connectivity index (χ4n) is 2.31. The third kappa shape index (κ3) is 3.33. The fraction of sp³-hybridized carbons (Fsp3) is 0.615. The number of nitrogens with zero attached hydrogens (tertiary/aromatic N) is 2. The van der Waals surface area contributed by atoms with Crippen LogP contribution >= 0.6 is 11.6 Å². The van der Waals surface area contributed by atoms with Crippen molar-refractivity contribution in [1.82, 2.24) is 4.98 Å². The number of alkyl halides is 1. The largest absolute Gasteiger partial charge is 0.381 e. The summed E-state index contributed by atoms with van der Waals surface area (Å²) in [5.41, 5.74) is 2.27. The zero-order valence-electron chi connectivity index (χ0n) is 10.2. The summed E-state index contributed by atoms with van der Waals surface area (Å²) in [5, 5.41) is 0.